The van der Waals surface area contributed by atoms with E-state index in [9.17, 15) is 8.78 Å². The summed E-state index contributed by atoms with van der Waals surface area (Å²) in [4.78, 5) is 12.7. The van der Waals surface area contributed by atoms with Crippen LogP contribution < -0.4 is 10.5 Å². The molecule has 6 nitrogen and oxygen atoms in total. The lowest BCUT2D eigenvalue weighted by Crippen LogP contribution is -2.17. The van der Waals surface area contributed by atoms with Gasteiger partial charge in [0.25, 0.3) is 0 Å². The SMILES string of the molecule is CC.COC.C[C@@H]1C2SC(N)=NC(c3cc(/C=C(\F)c4cnc(OCC5CC5)cn4)ccc3F)C21. The molecule has 4 atom stereocenters. The number of aliphatic imine (C=N–C) groups is 1. The molecule has 190 valence electrons. The second-order valence-electron chi connectivity index (χ2n) is 8.61. The molecule has 5 rings (SSSR count). The van der Waals surface area contributed by atoms with Gasteiger partial charge in [0, 0.05) is 31.0 Å². The average molecular weight is 505 g/mol. The second-order valence-corrected chi connectivity index (χ2v) is 9.81. The largest absolute Gasteiger partial charge is 0.476 e. The Morgan fingerprint density at radius 1 is 1.20 bits per heavy atom. The zero-order chi connectivity index (χ0) is 25.5. The van der Waals surface area contributed by atoms with Crippen LogP contribution in [0.3, 0.4) is 0 Å². The maximum Gasteiger partial charge on any atom is 0.232 e. The maximum atomic E-state index is 14.7. The Morgan fingerprint density at radius 2 is 1.91 bits per heavy atom. The number of aromatic nitrogens is 2. The highest BCUT2D eigenvalue weighted by Crippen LogP contribution is 2.58. The van der Waals surface area contributed by atoms with Gasteiger partial charge in [-0.05, 0) is 48.4 Å². The minimum atomic E-state index is -0.548. The quantitative estimate of drug-likeness (QED) is 0.528. The van der Waals surface area contributed by atoms with E-state index < -0.39 is 5.83 Å². The van der Waals surface area contributed by atoms with Gasteiger partial charge in [-0.3, -0.25) is 4.99 Å². The van der Waals surface area contributed by atoms with E-state index in [0.29, 0.717) is 45.9 Å². The van der Waals surface area contributed by atoms with Crippen molar-refractivity contribution in [3.8, 4) is 5.88 Å². The number of hydrogen-bond donors (Lipinski definition) is 1. The molecular formula is C26H34F2N4O2S. The fraction of sp³-hybridized carbons (Fsp3) is 0.500. The van der Waals surface area contributed by atoms with Crippen molar-refractivity contribution in [3.05, 3.63) is 53.2 Å². The molecule has 3 aliphatic rings. The molecule has 0 radical (unpaired) electrons. The molecule has 2 aliphatic carbocycles. The molecular weight excluding hydrogens is 470 g/mol. The molecule has 2 aromatic rings. The topological polar surface area (TPSA) is 82.6 Å². The third-order valence-corrected chi connectivity index (χ3v) is 7.28. The van der Waals surface area contributed by atoms with Crippen molar-refractivity contribution in [2.45, 2.75) is 44.9 Å². The van der Waals surface area contributed by atoms with Gasteiger partial charge in [0.15, 0.2) is 11.0 Å². The molecule has 2 heterocycles. The number of rotatable bonds is 6. The minimum absolute atomic E-state index is 0.104. The summed E-state index contributed by atoms with van der Waals surface area (Å²) in [5.41, 5.74) is 7.03. The molecule has 1 aromatic heterocycles. The molecule has 1 aromatic carbocycles. The van der Waals surface area contributed by atoms with Crippen molar-refractivity contribution in [1.82, 2.24) is 9.97 Å². The van der Waals surface area contributed by atoms with E-state index in [2.05, 4.69) is 26.6 Å². The summed E-state index contributed by atoms with van der Waals surface area (Å²) in [5, 5.41) is 0.857. The van der Waals surface area contributed by atoms with E-state index in [0.717, 1.165) is 0 Å². The second kappa shape index (κ2) is 12.4. The van der Waals surface area contributed by atoms with Crippen LogP contribution >= 0.6 is 11.8 Å². The summed E-state index contributed by atoms with van der Waals surface area (Å²) in [6.45, 7) is 6.75. The third-order valence-electron chi connectivity index (χ3n) is 5.92. The summed E-state index contributed by atoms with van der Waals surface area (Å²) >= 11 is 1.56. The number of hydrogen-bond acceptors (Lipinski definition) is 7. The van der Waals surface area contributed by atoms with E-state index in [-0.39, 0.29) is 23.5 Å². The van der Waals surface area contributed by atoms with Crippen molar-refractivity contribution < 1.29 is 18.3 Å². The van der Waals surface area contributed by atoms with Gasteiger partial charge in [-0.15, -0.1) is 0 Å². The standard InChI is InChI=1S/C22H22F2N4OS.C2H6O.C2H6/c1-11-19-20(28-22(25)30-21(11)19)14-6-13(4-5-15(14)23)7-16(24)17-8-27-18(9-26-17)29-10-12-2-3-12;1-3-2;1-2/h4-9,11-12,19-21H,2-3,10H2,1H3,(H2,25,28);1-2H3;1-2H3/b16-7-;;/t11-,19?,20?,21?;;/m0../s1. The Labute approximate surface area is 210 Å². The van der Waals surface area contributed by atoms with Crippen molar-refractivity contribution in [2.75, 3.05) is 20.8 Å². The van der Waals surface area contributed by atoms with E-state index in [1.165, 1.54) is 43.4 Å². The fourth-order valence-corrected chi connectivity index (χ4v) is 5.19. The first-order valence-electron chi connectivity index (χ1n) is 11.9. The number of thioether (sulfide) groups is 1. The zero-order valence-electron chi connectivity index (χ0n) is 20.9. The van der Waals surface area contributed by atoms with Gasteiger partial charge in [-0.25, -0.2) is 18.7 Å². The molecule has 3 unspecified atom stereocenters. The lowest BCUT2D eigenvalue weighted by Gasteiger charge is -2.19. The molecule has 0 spiro atoms. The normalized spacial score (nSPS) is 24.7. The van der Waals surface area contributed by atoms with Gasteiger partial charge in [-0.1, -0.05) is 38.6 Å². The Hall–Kier alpha value is -2.52. The molecule has 35 heavy (non-hydrogen) atoms. The van der Waals surface area contributed by atoms with Crippen LogP contribution in [0.2, 0.25) is 0 Å². The summed E-state index contributed by atoms with van der Waals surface area (Å²) < 4.78 is 39.1. The van der Waals surface area contributed by atoms with E-state index in [1.54, 1.807) is 32.0 Å². The number of amidine groups is 1. The van der Waals surface area contributed by atoms with Crippen LogP contribution in [0.25, 0.3) is 11.9 Å². The smallest absolute Gasteiger partial charge is 0.232 e. The number of nitrogens with two attached hydrogens (primary N) is 1. The van der Waals surface area contributed by atoms with Gasteiger partial charge in [0.1, 0.15) is 11.5 Å². The number of ether oxygens (including phenoxy) is 2. The first kappa shape index (κ1) is 27.1. The Bertz CT molecular complexity index is 1040. The first-order valence-corrected chi connectivity index (χ1v) is 12.8. The molecule has 0 bridgehead atoms. The molecule has 2 saturated carbocycles. The van der Waals surface area contributed by atoms with Gasteiger partial charge in [0.05, 0.1) is 25.0 Å². The number of methoxy groups -OCH3 is 1. The highest BCUT2D eigenvalue weighted by atomic mass is 32.2. The van der Waals surface area contributed by atoms with Crippen LogP contribution in [-0.4, -0.2) is 41.2 Å². The van der Waals surface area contributed by atoms with Crippen molar-refractivity contribution in [2.24, 2.45) is 28.5 Å². The lowest BCUT2D eigenvalue weighted by molar-refractivity contribution is 0.277. The molecule has 2 fully saturated rings. The van der Waals surface area contributed by atoms with Crippen molar-refractivity contribution in [3.63, 3.8) is 0 Å². The Kier molecular flexibility index (Phi) is 9.63. The fourth-order valence-electron chi connectivity index (χ4n) is 3.88. The summed E-state index contributed by atoms with van der Waals surface area (Å²) in [6, 6.07) is 4.21. The third kappa shape index (κ3) is 7.01. The summed E-state index contributed by atoms with van der Waals surface area (Å²) in [5.74, 6) is 0.781. The van der Waals surface area contributed by atoms with Gasteiger partial charge >= 0.3 is 0 Å². The summed E-state index contributed by atoms with van der Waals surface area (Å²) in [6.07, 6.45) is 6.46. The molecule has 0 amide bonds. The minimum Gasteiger partial charge on any atom is -0.476 e. The highest BCUT2D eigenvalue weighted by Gasteiger charge is 2.55. The zero-order valence-corrected chi connectivity index (χ0v) is 21.7. The van der Waals surface area contributed by atoms with Gasteiger partial charge in [-0.2, -0.15) is 0 Å². The predicted molar refractivity (Wildman–Crippen MR) is 138 cm³/mol. The van der Waals surface area contributed by atoms with Crippen LogP contribution in [0.15, 0.2) is 35.6 Å². The number of halogens is 2. The predicted octanol–water partition coefficient (Wildman–Crippen LogP) is 5.90. The first-order chi connectivity index (χ1) is 16.9. The maximum absolute atomic E-state index is 14.7. The Balaban J connectivity index is 0.000000638. The van der Waals surface area contributed by atoms with Crippen molar-refractivity contribution >= 4 is 28.8 Å². The van der Waals surface area contributed by atoms with Crippen LogP contribution in [0.5, 0.6) is 5.88 Å². The van der Waals surface area contributed by atoms with E-state index in [4.69, 9.17) is 10.5 Å². The number of benzene rings is 1. The van der Waals surface area contributed by atoms with Gasteiger partial charge in [0.2, 0.25) is 5.88 Å². The Morgan fingerprint density at radius 3 is 2.54 bits per heavy atom. The molecule has 2 N–H and O–H groups in total. The van der Waals surface area contributed by atoms with Crippen LogP contribution in [0.4, 0.5) is 8.78 Å². The average Bonchev–Trinajstić information content (AvgIpc) is 3.79. The molecule has 1 aliphatic heterocycles. The number of nitrogens with zero attached hydrogens (tertiary/aromatic N) is 3. The van der Waals surface area contributed by atoms with Crippen LogP contribution in [0, 0.1) is 23.6 Å². The van der Waals surface area contributed by atoms with Crippen molar-refractivity contribution in [1.29, 1.82) is 0 Å². The summed E-state index contributed by atoms with van der Waals surface area (Å²) in [7, 11) is 3.25. The van der Waals surface area contributed by atoms with Crippen LogP contribution in [-0.2, 0) is 4.74 Å². The van der Waals surface area contributed by atoms with E-state index >= 15 is 0 Å². The molecule has 9 heteroatoms. The monoisotopic (exact) mass is 504 g/mol. The molecule has 0 saturated heterocycles. The number of fused-ring (bicyclic) bond motifs is 1. The lowest BCUT2D eigenvalue weighted by atomic mass is 9.98. The van der Waals surface area contributed by atoms with E-state index in [1.807, 2.05) is 13.8 Å². The van der Waals surface area contributed by atoms with Crippen LogP contribution in [0.1, 0.15) is 56.5 Å². The highest BCUT2D eigenvalue weighted by molar-refractivity contribution is 8.14. The van der Waals surface area contributed by atoms with Gasteiger partial charge < -0.3 is 15.2 Å².